The normalized spacial score (nSPS) is 14.9. The average Bonchev–Trinajstić information content (AvgIpc) is 3.24. The lowest BCUT2D eigenvalue weighted by Crippen LogP contribution is -2.24. The second kappa shape index (κ2) is 7.34. The van der Waals surface area contributed by atoms with E-state index in [1.165, 1.54) is 24.4 Å². The Balaban J connectivity index is 1.79. The number of aromatic hydroxyl groups is 1. The molecule has 30 heavy (non-hydrogen) atoms. The molecule has 1 atom stereocenters. The largest absolute Gasteiger partial charge is 0.493 e. The van der Waals surface area contributed by atoms with Crippen LogP contribution in [0.25, 0.3) is 11.6 Å². The Labute approximate surface area is 171 Å². The van der Waals surface area contributed by atoms with Gasteiger partial charge >= 0.3 is 5.69 Å². The molecule has 6 nitrogen and oxygen atoms in total. The Kier molecular flexibility index (Phi) is 4.83. The third-order valence-corrected chi connectivity index (χ3v) is 4.93. The number of aldehydes is 1. The number of imidazole rings is 1. The van der Waals surface area contributed by atoms with E-state index in [0.29, 0.717) is 22.0 Å². The molecule has 2 N–H and O–H groups in total. The molecule has 1 unspecified atom stereocenters. The number of aromatic amines is 1. The van der Waals surface area contributed by atoms with Crippen molar-refractivity contribution >= 4 is 41.4 Å². The van der Waals surface area contributed by atoms with Gasteiger partial charge in [0.05, 0.1) is 5.02 Å². The van der Waals surface area contributed by atoms with E-state index in [0.717, 1.165) is 18.2 Å². The number of aromatic nitrogens is 2. The first kappa shape index (κ1) is 19.7. The number of aliphatic imine (C=N–C) groups is 1. The van der Waals surface area contributed by atoms with E-state index in [9.17, 15) is 27.9 Å². The van der Waals surface area contributed by atoms with Crippen molar-refractivity contribution in [3.05, 3.63) is 80.1 Å². The Morgan fingerprint density at radius 3 is 2.63 bits per heavy atom. The number of halogens is 4. The molecule has 1 aromatic heterocycles. The van der Waals surface area contributed by atoms with E-state index in [4.69, 9.17) is 11.6 Å². The summed E-state index contributed by atoms with van der Waals surface area (Å²) in [5.74, 6) is -3.65. The third kappa shape index (κ3) is 3.13. The first-order chi connectivity index (χ1) is 14.3. The van der Waals surface area contributed by atoms with Crippen LogP contribution in [0, 0.1) is 17.5 Å². The number of carbonyl (C=O) groups excluding carboxylic acids is 1. The van der Waals surface area contributed by atoms with Crippen molar-refractivity contribution in [2.75, 3.05) is 0 Å². The van der Waals surface area contributed by atoms with Gasteiger partial charge in [-0.25, -0.2) is 22.5 Å². The quantitative estimate of drug-likeness (QED) is 0.610. The topological polar surface area (TPSA) is 87.4 Å². The SMILES string of the molecule is O=CC(c1ccc(F)c(F)c1)n1c(O)c(/C=C2\C=Nc3c2ccc(Cl)c3F)[nH]c1=O. The smallest absolute Gasteiger partial charge is 0.329 e. The minimum absolute atomic E-state index is 0.0163. The molecule has 0 bridgehead atoms. The van der Waals surface area contributed by atoms with E-state index in [2.05, 4.69) is 9.98 Å². The molecule has 0 aliphatic carbocycles. The van der Waals surface area contributed by atoms with Crippen LogP contribution in [-0.2, 0) is 4.79 Å². The molecule has 0 amide bonds. The molecule has 1 aliphatic rings. The standard InChI is InChI=1S/C20H11ClF3N3O3/c21-12-3-2-11-10(7-25-18(11)17(12)24)6-15-19(29)27(20(30)26-15)16(8-28)9-1-4-13(22)14(23)5-9/h1-8,16,29H,(H,26,30)/b10-6+. The number of allylic oxidation sites excluding steroid dienone is 1. The molecule has 10 heteroatoms. The highest BCUT2D eigenvalue weighted by Gasteiger charge is 2.24. The fourth-order valence-electron chi connectivity index (χ4n) is 3.17. The van der Waals surface area contributed by atoms with Crippen LogP contribution in [0.3, 0.4) is 0 Å². The van der Waals surface area contributed by atoms with Crippen molar-refractivity contribution in [3.8, 4) is 5.88 Å². The van der Waals surface area contributed by atoms with Crippen LogP contribution in [0.15, 0.2) is 40.1 Å². The van der Waals surface area contributed by atoms with Gasteiger partial charge in [0, 0.05) is 17.4 Å². The van der Waals surface area contributed by atoms with Gasteiger partial charge in [0.15, 0.2) is 17.5 Å². The third-order valence-electron chi connectivity index (χ3n) is 4.63. The predicted octanol–water partition coefficient (Wildman–Crippen LogP) is 4.00. The summed E-state index contributed by atoms with van der Waals surface area (Å²) < 4.78 is 41.5. The maximum Gasteiger partial charge on any atom is 0.329 e. The molecular weight excluding hydrogens is 423 g/mol. The van der Waals surface area contributed by atoms with Crippen LogP contribution < -0.4 is 5.69 Å². The van der Waals surface area contributed by atoms with E-state index in [-0.39, 0.29) is 22.0 Å². The molecule has 1 aliphatic heterocycles. The molecule has 2 heterocycles. The second-order valence-corrected chi connectivity index (χ2v) is 6.81. The molecular formula is C20H11ClF3N3O3. The Hall–Kier alpha value is -3.59. The van der Waals surface area contributed by atoms with Gasteiger partial charge in [-0.2, -0.15) is 0 Å². The summed E-state index contributed by atoms with van der Waals surface area (Å²) in [6, 6.07) is 4.17. The Morgan fingerprint density at radius 2 is 1.93 bits per heavy atom. The van der Waals surface area contributed by atoms with Crippen LogP contribution in [0.2, 0.25) is 5.02 Å². The zero-order valence-corrected chi connectivity index (χ0v) is 15.6. The van der Waals surface area contributed by atoms with Crippen LogP contribution in [0.5, 0.6) is 5.88 Å². The fraction of sp³-hybridized carbons (Fsp3) is 0.0500. The maximum absolute atomic E-state index is 14.1. The van der Waals surface area contributed by atoms with E-state index >= 15 is 0 Å². The summed E-state index contributed by atoms with van der Waals surface area (Å²) in [7, 11) is 0. The van der Waals surface area contributed by atoms with Crippen molar-refractivity contribution < 1.29 is 23.1 Å². The van der Waals surface area contributed by atoms with Crippen LogP contribution in [0.1, 0.15) is 22.9 Å². The van der Waals surface area contributed by atoms with Crippen molar-refractivity contribution in [2.45, 2.75) is 6.04 Å². The lowest BCUT2D eigenvalue weighted by Gasteiger charge is -2.13. The molecule has 152 valence electrons. The van der Waals surface area contributed by atoms with Crippen LogP contribution >= 0.6 is 11.6 Å². The number of H-pyrrole nitrogens is 1. The summed E-state index contributed by atoms with van der Waals surface area (Å²) in [6.07, 6.45) is 2.97. The summed E-state index contributed by atoms with van der Waals surface area (Å²) in [5, 5.41) is 10.4. The van der Waals surface area contributed by atoms with E-state index in [1.54, 1.807) is 0 Å². The number of hydrogen-bond donors (Lipinski definition) is 2. The monoisotopic (exact) mass is 433 g/mol. The Morgan fingerprint density at radius 1 is 1.17 bits per heavy atom. The molecule has 0 saturated heterocycles. The maximum atomic E-state index is 14.1. The number of nitrogens with one attached hydrogen (secondary N) is 1. The van der Waals surface area contributed by atoms with E-state index in [1.807, 2.05) is 0 Å². The summed E-state index contributed by atoms with van der Waals surface area (Å²) in [6.45, 7) is 0. The number of fused-ring (bicyclic) bond motifs is 1. The second-order valence-electron chi connectivity index (χ2n) is 6.41. The summed E-state index contributed by atoms with van der Waals surface area (Å²) in [5.41, 5.74) is -0.207. The first-order valence-corrected chi connectivity index (χ1v) is 8.87. The van der Waals surface area contributed by atoms with Gasteiger partial charge in [0.2, 0.25) is 5.88 Å². The van der Waals surface area contributed by atoms with Gasteiger partial charge in [-0.3, -0.25) is 4.99 Å². The van der Waals surface area contributed by atoms with Gasteiger partial charge in [-0.05, 0) is 29.8 Å². The average molecular weight is 434 g/mol. The molecule has 0 saturated carbocycles. The lowest BCUT2D eigenvalue weighted by atomic mass is 10.1. The first-order valence-electron chi connectivity index (χ1n) is 8.49. The minimum Gasteiger partial charge on any atom is -0.493 e. The molecule has 2 aromatic carbocycles. The number of rotatable bonds is 4. The van der Waals surface area contributed by atoms with E-state index < -0.39 is 35.1 Å². The highest BCUT2D eigenvalue weighted by Crippen LogP contribution is 2.38. The zero-order valence-electron chi connectivity index (χ0n) is 14.9. The van der Waals surface area contributed by atoms with Gasteiger partial charge < -0.3 is 14.9 Å². The molecule has 0 spiro atoms. The lowest BCUT2D eigenvalue weighted by molar-refractivity contribution is -0.109. The highest BCUT2D eigenvalue weighted by atomic mass is 35.5. The molecule has 0 radical (unpaired) electrons. The van der Waals surface area contributed by atoms with Crippen LogP contribution in [0.4, 0.5) is 18.9 Å². The number of benzene rings is 2. The van der Waals surface area contributed by atoms with Crippen molar-refractivity contribution in [1.82, 2.24) is 9.55 Å². The van der Waals surface area contributed by atoms with Gasteiger partial charge in [-0.1, -0.05) is 23.7 Å². The molecule has 4 rings (SSSR count). The Bertz CT molecular complexity index is 1310. The van der Waals surface area contributed by atoms with Gasteiger partial charge in [0.1, 0.15) is 23.7 Å². The number of hydrogen-bond acceptors (Lipinski definition) is 4. The number of nitrogens with zero attached hydrogens (tertiary/aromatic N) is 2. The minimum atomic E-state index is -1.41. The molecule has 0 fully saturated rings. The fourth-order valence-corrected chi connectivity index (χ4v) is 3.33. The van der Waals surface area contributed by atoms with Crippen molar-refractivity contribution in [3.63, 3.8) is 0 Å². The van der Waals surface area contributed by atoms with Crippen LogP contribution in [-0.4, -0.2) is 27.2 Å². The van der Waals surface area contributed by atoms with Crippen molar-refractivity contribution in [1.29, 1.82) is 0 Å². The van der Waals surface area contributed by atoms with Gasteiger partial charge in [-0.15, -0.1) is 0 Å². The highest BCUT2D eigenvalue weighted by molar-refractivity contribution is 6.31. The van der Waals surface area contributed by atoms with Crippen molar-refractivity contribution in [2.24, 2.45) is 4.99 Å². The summed E-state index contributed by atoms with van der Waals surface area (Å²) >= 11 is 5.74. The predicted molar refractivity (Wildman–Crippen MR) is 105 cm³/mol. The van der Waals surface area contributed by atoms with Gasteiger partial charge in [0.25, 0.3) is 0 Å². The molecule has 3 aromatic rings. The number of carbonyl (C=O) groups is 1. The zero-order chi connectivity index (χ0) is 21.6. The summed E-state index contributed by atoms with van der Waals surface area (Å²) in [4.78, 5) is 30.3.